The number of hydrogen-bond acceptors (Lipinski definition) is 4. The van der Waals surface area contributed by atoms with Crippen LogP contribution in [0.5, 0.6) is 0 Å². The van der Waals surface area contributed by atoms with E-state index in [0.29, 0.717) is 24.2 Å². The Balaban J connectivity index is 2.82. The number of rotatable bonds is 9. The van der Waals surface area contributed by atoms with Crippen molar-refractivity contribution in [1.29, 1.82) is 0 Å². The minimum atomic E-state index is -2.78. The van der Waals surface area contributed by atoms with Crippen LogP contribution in [0, 0.1) is 23.3 Å². The van der Waals surface area contributed by atoms with Gasteiger partial charge in [0.15, 0.2) is 23.3 Å². The summed E-state index contributed by atoms with van der Waals surface area (Å²) in [5.74, 6) is -5.52. The number of hydrogen-bond donors (Lipinski definition) is 0. The van der Waals surface area contributed by atoms with Crippen LogP contribution in [-0.4, -0.2) is 35.9 Å². The van der Waals surface area contributed by atoms with E-state index in [0.717, 1.165) is 6.08 Å². The van der Waals surface area contributed by atoms with Crippen molar-refractivity contribution in [2.45, 2.75) is 17.4 Å². The molecule has 0 saturated heterocycles. The zero-order chi connectivity index (χ0) is 17.6. The second kappa shape index (κ2) is 8.83. The molecule has 9 heteroatoms. The highest BCUT2D eigenvalue weighted by atomic mass is 32.2. The highest BCUT2D eigenvalue weighted by molar-refractivity contribution is 7.99. The van der Waals surface area contributed by atoms with E-state index in [1.165, 1.54) is 21.3 Å². The topological polar surface area (TPSA) is 27.7 Å². The molecule has 0 atom stereocenters. The highest BCUT2D eigenvalue weighted by Crippen LogP contribution is 2.33. The Bertz CT molecular complexity index is 530. The Labute approximate surface area is 138 Å². The highest BCUT2D eigenvalue weighted by Gasteiger charge is 2.37. The van der Waals surface area contributed by atoms with Crippen molar-refractivity contribution < 1.29 is 30.8 Å². The van der Waals surface area contributed by atoms with Crippen molar-refractivity contribution in [1.82, 2.24) is 0 Å². The zero-order valence-electron chi connectivity index (χ0n) is 13.1. The van der Waals surface area contributed by atoms with Gasteiger partial charge in [0, 0.05) is 27.4 Å². The van der Waals surface area contributed by atoms with Crippen molar-refractivity contribution >= 4 is 26.6 Å². The average Bonchev–Trinajstić information content (AvgIpc) is 2.57. The number of halogens is 4. The standard InChI is InChI=1S/C14H18F4O3SSi/c1-5-9-10(15)12(17)14(13(18)11(9)16)22-7-6-8-23(19-2,20-3)21-4/h5H,1,6-8H2,2-4H3. The minimum absolute atomic E-state index is 0.213. The Morgan fingerprint density at radius 3 is 1.83 bits per heavy atom. The van der Waals surface area contributed by atoms with E-state index < -0.39 is 42.5 Å². The van der Waals surface area contributed by atoms with Crippen LogP contribution >= 0.6 is 11.8 Å². The van der Waals surface area contributed by atoms with Gasteiger partial charge in [-0.2, -0.15) is 0 Å². The van der Waals surface area contributed by atoms with E-state index >= 15 is 0 Å². The molecule has 0 unspecified atom stereocenters. The van der Waals surface area contributed by atoms with Crippen LogP contribution in [0.4, 0.5) is 17.6 Å². The van der Waals surface area contributed by atoms with E-state index in [4.69, 9.17) is 13.3 Å². The summed E-state index contributed by atoms with van der Waals surface area (Å²) in [5.41, 5.74) is -0.811. The molecule has 0 bridgehead atoms. The van der Waals surface area contributed by atoms with Gasteiger partial charge in [-0.25, -0.2) is 17.6 Å². The van der Waals surface area contributed by atoms with Gasteiger partial charge >= 0.3 is 8.80 Å². The Morgan fingerprint density at radius 2 is 1.43 bits per heavy atom. The van der Waals surface area contributed by atoms with Gasteiger partial charge in [-0.05, 0) is 12.2 Å². The van der Waals surface area contributed by atoms with Gasteiger partial charge in [0.2, 0.25) is 0 Å². The van der Waals surface area contributed by atoms with Crippen molar-refractivity contribution in [2.24, 2.45) is 0 Å². The summed E-state index contributed by atoms with van der Waals surface area (Å²) in [7, 11) is 1.57. The van der Waals surface area contributed by atoms with Gasteiger partial charge in [0.05, 0.1) is 10.5 Å². The maximum atomic E-state index is 13.8. The van der Waals surface area contributed by atoms with Crippen LogP contribution < -0.4 is 0 Å². The van der Waals surface area contributed by atoms with E-state index in [2.05, 4.69) is 6.58 Å². The maximum absolute atomic E-state index is 13.8. The summed E-state index contributed by atoms with van der Waals surface area (Å²) < 4.78 is 70.6. The first-order chi connectivity index (χ1) is 10.9. The van der Waals surface area contributed by atoms with Gasteiger partial charge in [0.25, 0.3) is 0 Å². The molecule has 1 rings (SSSR count). The lowest BCUT2D eigenvalue weighted by Gasteiger charge is -2.24. The van der Waals surface area contributed by atoms with Crippen molar-refractivity contribution in [3.8, 4) is 0 Å². The predicted octanol–water partition coefficient (Wildman–Crippen LogP) is 4.25. The first-order valence-electron chi connectivity index (χ1n) is 6.64. The van der Waals surface area contributed by atoms with Crippen molar-refractivity contribution in [3.05, 3.63) is 35.4 Å². The second-order valence-corrected chi connectivity index (χ2v) is 8.65. The fourth-order valence-electron chi connectivity index (χ4n) is 1.95. The summed E-state index contributed by atoms with van der Waals surface area (Å²) in [5, 5.41) is 0. The Hall–Kier alpha value is -0.873. The van der Waals surface area contributed by atoms with Gasteiger partial charge in [0.1, 0.15) is 0 Å². The second-order valence-electron chi connectivity index (χ2n) is 4.45. The molecule has 0 aromatic heterocycles. The Morgan fingerprint density at radius 1 is 0.957 bits per heavy atom. The minimum Gasteiger partial charge on any atom is -0.377 e. The maximum Gasteiger partial charge on any atom is 0.500 e. The summed E-state index contributed by atoms with van der Waals surface area (Å²) in [6, 6.07) is 0.405. The lowest BCUT2D eigenvalue weighted by atomic mass is 10.2. The van der Waals surface area contributed by atoms with Crippen LogP contribution in [0.1, 0.15) is 12.0 Å². The molecular weight excluding hydrogens is 352 g/mol. The third-order valence-electron chi connectivity index (χ3n) is 3.27. The average molecular weight is 370 g/mol. The van der Waals surface area contributed by atoms with Crippen molar-refractivity contribution in [2.75, 3.05) is 27.1 Å². The largest absolute Gasteiger partial charge is 0.500 e. The Kier molecular flexibility index (Phi) is 7.75. The van der Waals surface area contributed by atoms with Gasteiger partial charge in [-0.1, -0.05) is 12.7 Å². The first kappa shape index (κ1) is 20.2. The SMILES string of the molecule is C=Cc1c(F)c(F)c(SCCC[Si](OC)(OC)OC)c(F)c1F. The van der Waals surface area contributed by atoms with E-state index in [1.54, 1.807) is 0 Å². The molecule has 23 heavy (non-hydrogen) atoms. The third kappa shape index (κ3) is 4.36. The third-order valence-corrected chi connectivity index (χ3v) is 7.24. The molecule has 0 spiro atoms. The lowest BCUT2D eigenvalue weighted by Crippen LogP contribution is -2.42. The van der Waals surface area contributed by atoms with Crippen LogP contribution in [0.2, 0.25) is 6.04 Å². The van der Waals surface area contributed by atoms with Crippen molar-refractivity contribution in [3.63, 3.8) is 0 Å². The monoisotopic (exact) mass is 370 g/mol. The molecular formula is C14H18F4O3SSi. The smallest absolute Gasteiger partial charge is 0.377 e. The van der Waals surface area contributed by atoms with Gasteiger partial charge < -0.3 is 13.3 Å². The van der Waals surface area contributed by atoms with Gasteiger partial charge in [-0.3, -0.25) is 0 Å². The molecule has 0 heterocycles. The molecule has 0 aliphatic rings. The number of benzene rings is 1. The molecule has 3 nitrogen and oxygen atoms in total. The molecule has 1 aromatic carbocycles. The molecule has 130 valence electrons. The van der Waals surface area contributed by atoms with Crippen LogP contribution in [-0.2, 0) is 13.3 Å². The van der Waals surface area contributed by atoms with Crippen LogP contribution in [0.3, 0.4) is 0 Å². The molecule has 0 fully saturated rings. The first-order valence-corrected chi connectivity index (χ1v) is 9.55. The fraction of sp³-hybridized carbons (Fsp3) is 0.429. The molecule has 0 radical (unpaired) electrons. The summed E-state index contributed by atoms with van der Waals surface area (Å²) in [6.45, 7) is 3.14. The van der Waals surface area contributed by atoms with Crippen LogP contribution in [0.25, 0.3) is 6.08 Å². The molecule has 0 N–H and O–H groups in total. The summed E-state index contributed by atoms with van der Waals surface area (Å²) in [6.07, 6.45) is 1.17. The summed E-state index contributed by atoms with van der Waals surface area (Å²) in [4.78, 5) is -0.690. The quantitative estimate of drug-likeness (QED) is 0.214. The van der Waals surface area contributed by atoms with Gasteiger partial charge in [-0.15, -0.1) is 11.8 Å². The van der Waals surface area contributed by atoms with E-state index in [-0.39, 0.29) is 5.75 Å². The van der Waals surface area contributed by atoms with E-state index in [9.17, 15) is 17.6 Å². The molecule has 1 aromatic rings. The zero-order valence-corrected chi connectivity index (χ0v) is 14.9. The lowest BCUT2D eigenvalue weighted by molar-refractivity contribution is 0.123. The van der Waals surface area contributed by atoms with Crippen LogP contribution in [0.15, 0.2) is 11.5 Å². The molecule has 0 aliphatic carbocycles. The summed E-state index contributed by atoms with van der Waals surface area (Å²) >= 11 is 0.685. The molecule has 0 amide bonds. The fourth-order valence-corrected chi connectivity index (χ4v) is 4.86. The molecule has 0 aliphatic heterocycles. The molecule has 0 saturated carbocycles. The normalized spacial score (nSPS) is 11.8. The van der Waals surface area contributed by atoms with E-state index in [1.807, 2.05) is 0 Å². The predicted molar refractivity (Wildman–Crippen MR) is 83.3 cm³/mol. The number of thioether (sulfide) groups is 1.